The molecule has 2 N–H and O–H groups in total. The lowest BCUT2D eigenvalue weighted by atomic mass is 10.1. The van der Waals surface area contributed by atoms with Crippen molar-refractivity contribution in [1.82, 2.24) is 10.0 Å². The number of rotatable bonds is 6. The third kappa shape index (κ3) is 4.93. The molecule has 0 heterocycles. The molecule has 0 amide bonds. The highest BCUT2D eigenvalue weighted by Gasteiger charge is 2.13. The van der Waals surface area contributed by atoms with Crippen LogP contribution in [0.1, 0.15) is 6.42 Å². The number of nitrogens with one attached hydrogen (secondary N) is 2. The van der Waals surface area contributed by atoms with E-state index in [0.29, 0.717) is 11.4 Å². The van der Waals surface area contributed by atoms with Crippen molar-refractivity contribution in [3.05, 3.63) is 40.9 Å². The van der Waals surface area contributed by atoms with E-state index < -0.39 is 10.0 Å². The van der Waals surface area contributed by atoms with Gasteiger partial charge in [-0.3, -0.25) is 0 Å². The van der Waals surface area contributed by atoms with E-state index in [9.17, 15) is 8.42 Å². The maximum Gasteiger partial charge on any atom is 0.240 e. The Morgan fingerprint density at radius 2 is 1.71 bits per heavy atom. The molecule has 0 aliphatic heterocycles. The first-order chi connectivity index (χ1) is 9.53. The summed E-state index contributed by atoms with van der Waals surface area (Å²) in [6.07, 6.45) is 0.760. The van der Waals surface area contributed by atoms with Crippen LogP contribution in [-0.2, 0) is 10.0 Å². The minimum absolute atomic E-state index is 0. The molecule has 0 aliphatic carbocycles. The van der Waals surface area contributed by atoms with Crippen molar-refractivity contribution < 1.29 is 8.42 Å². The van der Waals surface area contributed by atoms with Crippen LogP contribution >= 0.6 is 28.3 Å². The van der Waals surface area contributed by atoms with Crippen molar-refractivity contribution in [2.45, 2.75) is 11.3 Å². The second kappa shape index (κ2) is 8.10. The lowest BCUT2D eigenvalue weighted by Crippen LogP contribution is -2.26. The van der Waals surface area contributed by atoms with E-state index in [1.807, 2.05) is 31.3 Å². The molecule has 0 saturated heterocycles. The topological polar surface area (TPSA) is 58.2 Å². The van der Waals surface area contributed by atoms with Gasteiger partial charge in [-0.15, -0.1) is 12.4 Å². The average molecular weight is 394 g/mol. The largest absolute Gasteiger partial charge is 0.320 e. The predicted octanol–water partition coefficient (Wildman–Crippen LogP) is 2.91. The van der Waals surface area contributed by atoms with Crippen LogP contribution in [0.2, 0.25) is 0 Å². The van der Waals surface area contributed by atoms with Gasteiger partial charge in [0.2, 0.25) is 10.0 Å². The molecule has 116 valence electrons. The minimum atomic E-state index is -3.43. The van der Waals surface area contributed by atoms with Crippen LogP contribution in [0.4, 0.5) is 0 Å². The normalized spacial score (nSPS) is 11.3. The Balaban J connectivity index is 0.00000220. The second-order valence-electron chi connectivity index (χ2n) is 4.51. The van der Waals surface area contributed by atoms with Gasteiger partial charge in [0.15, 0.2) is 0 Å². The van der Waals surface area contributed by atoms with Gasteiger partial charge in [-0.25, -0.2) is 13.1 Å². The molecule has 0 fully saturated rings. The Labute approximate surface area is 139 Å². The molecular formula is C14H18BrClN2O2S. The Hall–Kier alpha value is -0.660. The Kier molecular flexibility index (Phi) is 7.09. The fourth-order valence-electron chi connectivity index (χ4n) is 1.92. The fraction of sp³-hybridized carbons (Fsp3) is 0.286. The van der Waals surface area contributed by atoms with E-state index in [1.54, 1.807) is 12.1 Å². The van der Waals surface area contributed by atoms with Crippen LogP contribution in [0.5, 0.6) is 0 Å². The highest BCUT2D eigenvalue weighted by molar-refractivity contribution is 9.10. The summed E-state index contributed by atoms with van der Waals surface area (Å²) in [5.74, 6) is 0. The van der Waals surface area contributed by atoms with Crippen LogP contribution in [0.3, 0.4) is 0 Å². The molecule has 7 heteroatoms. The van der Waals surface area contributed by atoms with Crippen molar-refractivity contribution in [2.75, 3.05) is 20.1 Å². The molecule has 0 aliphatic rings. The van der Waals surface area contributed by atoms with E-state index in [-0.39, 0.29) is 12.4 Å². The Bertz CT molecular complexity index is 707. The summed E-state index contributed by atoms with van der Waals surface area (Å²) >= 11 is 3.40. The Morgan fingerprint density at radius 1 is 1.05 bits per heavy atom. The number of hydrogen-bond donors (Lipinski definition) is 2. The second-order valence-corrected chi connectivity index (χ2v) is 7.19. The molecule has 0 radical (unpaired) electrons. The highest BCUT2D eigenvalue weighted by atomic mass is 79.9. The number of halogens is 2. The fourth-order valence-corrected chi connectivity index (χ4v) is 3.40. The van der Waals surface area contributed by atoms with Gasteiger partial charge < -0.3 is 5.32 Å². The van der Waals surface area contributed by atoms with Gasteiger partial charge in [-0.2, -0.15) is 0 Å². The highest BCUT2D eigenvalue weighted by Crippen LogP contribution is 2.22. The zero-order valence-corrected chi connectivity index (χ0v) is 14.8. The van der Waals surface area contributed by atoms with Crippen molar-refractivity contribution >= 4 is 49.1 Å². The zero-order valence-electron chi connectivity index (χ0n) is 11.6. The van der Waals surface area contributed by atoms with Crippen LogP contribution in [-0.4, -0.2) is 28.6 Å². The van der Waals surface area contributed by atoms with Gasteiger partial charge in [0.05, 0.1) is 4.90 Å². The van der Waals surface area contributed by atoms with Crippen LogP contribution in [0.15, 0.2) is 45.8 Å². The van der Waals surface area contributed by atoms with Crippen LogP contribution in [0.25, 0.3) is 10.8 Å². The quantitative estimate of drug-likeness (QED) is 0.742. The van der Waals surface area contributed by atoms with Gasteiger partial charge in [-0.1, -0.05) is 28.1 Å². The Morgan fingerprint density at radius 3 is 2.43 bits per heavy atom. The molecule has 21 heavy (non-hydrogen) atoms. The maximum atomic E-state index is 12.2. The molecule has 0 aromatic heterocycles. The van der Waals surface area contributed by atoms with Crippen molar-refractivity contribution in [3.8, 4) is 0 Å². The first-order valence-electron chi connectivity index (χ1n) is 6.36. The lowest BCUT2D eigenvalue weighted by molar-refractivity contribution is 0.577. The summed E-state index contributed by atoms with van der Waals surface area (Å²) in [6, 6.07) is 10.9. The summed E-state index contributed by atoms with van der Waals surface area (Å²) in [6.45, 7) is 1.22. The monoisotopic (exact) mass is 392 g/mol. The van der Waals surface area contributed by atoms with E-state index in [4.69, 9.17) is 0 Å². The summed E-state index contributed by atoms with van der Waals surface area (Å²) in [5.41, 5.74) is 0. The SMILES string of the molecule is CNCCCNS(=O)(=O)c1ccc2cc(Br)ccc2c1.Cl. The predicted molar refractivity (Wildman–Crippen MR) is 92.6 cm³/mol. The first-order valence-corrected chi connectivity index (χ1v) is 8.64. The summed E-state index contributed by atoms with van der Waals surface area (Å²) < 4.78 is 27.9. The molecule has 4 nitrogen and oxygen atoms in total. The summed E-state index contributed by atoms with van der Waals surface area (Å²) in [7, 11) is -1.59. The smallest absolute Gasteiger partial charge is 0.240 e. The first kappa shape index (κ1) is 18.4. The van der Waals surface area contributed by atoms with Crippen LogP contribution in [0, 0.1) is 0 Å². The lowest BCUT2D eigenvalue weighted by Gasteiger charge is -2.08. The van der Waals surface area contributed by atoms with E-state index in [1.165, 1.54) is 0 Å². The zero-order chi connectivity index (χ0) is 14.6. The molecular weight excluding hydrogens is 376 g/mol. The molecule has 2 aromatic carbocycles. The average Bonchev–Trinajstić information content (AvgIpc) is 2.43. The maximum absolute atomic E-state index is 12.2. The summed E-state index contributed by atoms with van der Waals surface area (Å²) in [5, 5.41) is 4.90. The van der Waals surface area contributed by atoms with Gasteiger partial charge in [-0.05, 0) is 55.1 Å². The van der Waals surface area contributed by atoms with Gasteiger partial charge >= 0.3 is 0 Å². The molecule has 2 rings (SSSR count). The molecule has 0 spiro atoms. The minimum Gasteiger partial charge on any atom is -0.320 e. The van der Waals surface area contributed by atoms with Gasteiger partial charge in [0.25, 0.3) is 0 Å². The molecule has 0 bridgehead atoms. The molecule has 0 atom stereocenters. The van der Waals surface area contributed by atoms with Gasteiger partial charge in [0.1, 0.15) is 0 Å². The standard InChI is InChI=1S/C14H17BrN2O2S.ClH/c1-16-7-2-8-17-20(18,19)14-6-4-11-9-13(15)5-3-12(11)10-14;/h3-6,9-10,16-17H,2,7-8H2,1H3;1H. The van der Waals surface area contributed by atoms with Crippen molar-refractivity contribution in [2.24, 2.45) is 0 Å². The van der Waals surface area contributed by atoms with Crippen molar-refractivity contribution in [3.63, 3.8) is 0 Å². The van der Waals surface area contributed by atoms with E-state index in [2.05, 4.69) is 26.0 Å². The molecule has 0 saturated carbocycles. The third-order valence-corrected chi connectivity index (χ3v) is 4.93. The van der Waals surface area contributed by atoms with Gasteiger partial charge in [0, 0.05) is 11.0 Å². The van der Waals surface area contributed by atoms with E-state index >= 15 is 0 Å². The van der Waals surface area contributed by atoms with E-state index in [0.717, 1.165) is 28.2 Å². The number of fused-ring (bicyclic) bond motifs is 1. The van der Waals surface area contributed by atoms with Crippen molar-refractivity contribution in [1.29, 1.82) is 0 Å². The number of hydrogen-bond acceptors (Lipinski definition) is 3. The third-order valence-electron chi connectivity index (χ3n) is 2.98. The molecule has 2 aromatic rings. The number of sulfonamides is 1. The van der Waals surface area contributed by atoms with Crippen LogP contribution < -0.4 is 10.0 Å². The summed E-state index contributed by atoms with van der Waals surface area (Å²) in [4.78, 5) is 0.303. The number of benzene rings is 2. The molecule has 0 unspecified atom stereocenters.